The first-order chi connectivity index (χ1) is 13.0. The number of hydrogen-bond acceptors (Lipinski definition) is 5. The van der Waals surface area contributed by atoms with E-state index < -0.39 is 0 Å². The lowest BCUT2D eigenvalue weighted by molar-refractivity contribution is -0.111. The van der Waals surface area contributed by atoms with Crippen LogP contribution in [0.4, 0.5) is 11.6 Å². The minimum absolute atomic E-state index is 0.0137. The van der Waals surface area contributed by atoms with Crippen molar-refractivity contribution in [2.45, 2.75) is 18.9 Å². The molecule has 0 atom stereocenters. The van der Waals surface area contributed by atoms with Crippen molar-refractivity contribution in [3.8, 4) is 5.75 Å². The molecule has 2 heterocycles. The Morgan fingerprint density at radius 1 is 1.33 bits per heavy atom. The van der Waals surface area contributed by atoms with Gasteiger partial charge in [0.05, 0.1) is 5.56 Å². The second-order valence-corrected chi connectivity index (χ2v) is 6.50. The normalized spacial score (nSPS) is 14.6. The second-order valence-electron chi connectivity index (χ2n) is 6.50. The average Bonchev–Trinajstić information content (AvgIpc) is 3.09. The third-order valence-electron chi connectivity index (χ3n) is 4.60. The van der Waals surface area contributed by atoms with E-state index >= 15 is 0 Å². The topological polar surface area (TPSA) is 99.5 Å². The molecular formula is C19H23N5O3. The fraction of sp³-hybridized carbons (Fsp3) is 0.316. The van der Waals surface area contributed by atoms with E-state index in [4.69, 9.17) is 0 Å². The lowest BCUT2D eigenvalue weighted by Gasteiger charge is -2.33. The number of imidazole rings is 1. The van der Waals surface area contributed by atoms with Gasteiger partial charge in [0.25, 0.3) is 5.91 Å². The van der Waals surface area contributed by atoms with Gasteiger partial charge < -0.3 is 25.2 Å². The number of piperidine rings is 1. The molecule has 27 heavy (non-hydrogen) atoms. The van der Waals surface area contributed by atoms with E-state index in [2.05, 4.69) is 27.1 Å². The number of anilines is 2. The molecular weight excluding hydrogens is 346 g/mol. The first kappa shape index (κ1) is 18.5. The Hall–Kier alpha value is -3.29. The van der Waals surface area contributed by atoms with E-state index in [1.165, 1.54) is 18.2 Å². The number of phenolic OH excluding ortho intramolecular Hbond substituents is 1. The molecule has 0 spiro atoms. The molecule has 0 saturated carbocycles. The molecule has 8 nitrogen and oxygen atoms in total. The van der Waals surface area contributed by atoms with E-state index in [1.807, 2.05) is 17.8 Å². The molecule has 2 aromatic rings. The number of carbonyl (C=O) groups is 2. The number of nitrogens with one attached hydrogen (secondary N) is 2. The first-order valence-electron chi connectivity index (χ1n) is 8.77. The van der Waals surface area contributed by atoms with Gasteiger partial charge in [0.1, 0.15) is 5.75 Å². The van der Waals surface area contributed by atoms with Gasteiger partial charge in [-0.05, 0) is 37.1 Å². The van der Waals surface area contributed by atoms with Crippen molar-refractivity contribution in [2.24, 2.45) is 7.05 Å². The minimum atomic E-state index is -0.381. The van der Waals surface area contributed by atoms with E-state index in [-0.39, 0.29) is 29.2 Å². The quantitative estimate of drug-likeness (QED) is 0.550. The summed E-state index contributed by atoms with van der Waals surface area (Å²) >= 11 is 0. The van der Waals surface area contributed by atoms with Crippen LogP contribution in [0.25, 0.3) is 0 Å². The predicted octanol–water partition coefficient (Wildman–Crippen LogP) is 1.65. The maximum Gasteiger partial charge on any atom is 0.255 e. The molecule has 1 aromatic carbocycles. The lowest BCUT2D eigenvalue weighted by atomic mass is 10.0. The highest BCUT2D eigenvalue weighted by Gasteiger charge is 2.24. The number of aromatic nitrogens is 2. The van der Waals surface area contributed by atoms with Gasteiger partial charge in [0, 0.05) is 44.3 Å². The van der Waals surface area contributed by atoms with Crippen LogP contribution in [0.5, 0.6) is 5.75 Å². The third-order valence-corrected chi connectivity index (χ3v) is 4.60. The lowest BCUT2D eigenvalue weighted by Crippen LogP contribution is -2.45. The maximum atomic E-state index is 12.6. The van der Waals surface area contributed by atoms with Crippen LogP contribution in [-0.2, 0) is 11.8 Å². The van der Waals surface area contributed by atoms with Gasteiger partial charge in [0.2, 0.25) is 11.9 Å². The van der Waals surface area contributed by atoms with Crippen LogP contribution in [-0.4, -0.2) is 45.6 Å². The Kier molecular flexibility index (Phi) is 5.44. The summed E-state index contributed by atoms with van der Waals surface area (Å²) in [6.45, 7) is 4.97. The van der Waals surface area contributed by atoms with Crippen molar-refractivity contribution in [2.75, 3.05) is 23.3 Å². The van der Waals surface area contributed by atoms with Crippen LogP contribution >= 0.6 is 0 Å². The van der Waals surface area contributed by atoms with Crippen molar-refractivity contribution in [3.63, 3.8) is 0 Å². The summed E-state index contributed by atoms with van der Waals surface area (Å²) in [6.07, 6.45) is 6.38. The molecule has 1 saturated heterocycles. The smallest absolute Gasteiger partial charge is 0.255 e. The molecule has 0 radical (unpaired) electrons. The zero-order valence-corrected chi connectivity index (χ0v) is 15.2. The SMILES string of the molecule is C=CC(=O)Nc1ccc(O)c(C(=O)NC2CCN(c3nccn3C)CC2)c1. The van der Waals surface area contributed by atoms with E-state index in [0.29, 0.717) is 5.69 Å². The zero-order valence-electron chi connectivity index (χ0n) is 15.2. The van der Waals surface area contributed by atoms with Gasteiger partial charge in [0.15, 0.2) is 0 Å². The number of aromatic hydroxyl groups is 1. The fourth-order valence-electron chi connectivity index (χ4n) is 3.14. The summed E-state index contributed by atoms with van der Waals surface area (Å²) in [5.74, 6) is 0.0454. The van der Waals surface area contributed by atoms with Gasteiger partial charge in [-0.1, -0.05) is 6.58 Å². The van der Waals surface area contributed by atoms with Crippen LogP contribution in [0, 0.1) is 0 Å². The number of aryl methyl sites for hydroxylation is 1. The molecule has 3 rings (SSSR count). The van der Waals surface area contributed by atoms with E-state index in [0.717, 1.165) is 38.0 Å². The Balaban J connectivity index is 1.61. The predicted molar refractivity (Wildman–Crippen MR) is 103 cm³/mol. The molecule has 1 aromatic heterocycles. The van der Waals surface area contributed by atoms with Gasteiger partial charge in [-0.25, -0.2) is 4.98 Å². The molecule has 0 unspecified atom stereocenters. The number of carbonyl (C=O) groups excluding carboxylic acids is 2. The molecule has 3 N–H and O–H groups in total. The van der Waals surface area contributed by atoms with Crippen molar-refractivity contribution in [3.05, 3.63) is 48.8 Å². The highest BCUT2D eigenvalue weighted by molar-refractivity contribution is 6.02. The largest absolute Gasteiger partial charge is 0.507 e. The van der Waals surface area contributed by atoms with Crippen molar-refractivity contribution >= 4 is 23.5 Å². The molecule has 0 aliphatic carbocycles. The number of benzene rings is 1. The molecule has 1 fully saturated rings. The number of rotatable bonds is 5. The third kappa shape index (κ3) is 4.28. The highest BCUT2D eigenvalue weighted by atomic mass is 16.3. The zero-order chi connectivity index (χ0) is 19.4. The Morgan fingerprint density at radius 2 is 2.07 bits per heavy atom. The fourth-order valence-corrected chi connectivity index (χ4v) is 3.14. The highest BCUT2D eigenvalue weighted by Crippen LogP contribution is 2.23. The van der Waals surface area contributed by atoms with Crippen LogP contribution in [0.15, 0.2) is 43.2 Å². The summed E-state index contributed by atoms with van der Waals surface area (Å²) in [6, 6.07) is 4.38. The summed E-state index contributed by atoms with van der Waals surface area (Å²) < 4.78 is 1.97. The van der Waals surface area contributed by atoms with Gasteiger partial charge in [-0.15, -0.1) is 0 Å². The summed E-state index contributed by atoms with van der Waals surface area (Å²) in [5.41, 5.74) is 0.552. The van der Waals surface area contributed by atoms with Crippen LogP contribution in [0.2, 0.25) is 0 Å². The van der Waals surface area contributed by atoms with Crippen molar-refractivity contribution < 1.29 is 14.7 Å². The Bertz CT molecular complexity index is 853. The number of hydrogen-bond donors (Lipinski definition) is 3. The van der Waals surface area contributed by atoms with Gasteiger partial charge in [-0.2, -0.15) is 0 Å². The molecule has 142 valence electrons. The Labute approximate surface area is 157 Å². The van der Waals surface area contributed by atoms with E-state index in [9.17, 15) is 14.7 Å². The standard InChI is InChI=1S/C19H23N5O3/c1-3-17(26)21-14-4-5-16(25)15(12-14)18(27)22-13-6-9-24(10-7-13)19-20-8-11-23(19)2/h3-5,8,11-13,25H,1,6-7,9-10H2,2H3,(H,21,26)(H,22,27). The molecule has 1 aliphatic rings. The summed E-state index contributed by atoms with van der Waals surface area (Å²) in [4.78, 5) is 30.5. The minimum Gasteiger partial charge on any atom is -0.507 e. The maximum absolute atomic E-state index is 12.6. The summed E-state index contributed by atoms with van der Waals surface area (Å²) in [7, 11) is 1.96. The molecule has 0 bridgehead atoms. The van der Waals surface area contributed by atoms with Crippen LogP contribution in [0.1, 0.15) is 23.2 Å². The van der Waals surface area contributed by atoms with Gasteiger partial charge in [-0.3, -0.25) is 9.59 Å². The average molecular weight is 369 g/mol. The molecule has 2 amide bonds. The molecule has 8 heteroatoms. The number of nitrogens with zero attached hydrogens (tertiary/aromatic N) is 3. The van der Waals surface area contributed by atoms with E-state index in [1.54, 1.807) is 6.20 Å². The summed E-state index contributed by atoms with van der Waals surface area (Å²) in [5, 5.41) is 15.6. The van der Waals surface area contributed by atoms with Crippen LogP contribution < -0.4 is 15.5 Å². The second kappa shape index (κ2) is 7.94. The van der Waals surface area contributed by atoms with Crippen molar-refractivity contribution in [1.82, 2.24) is 14.9 Å². The number of amides is 2. The Morgan fingerprint density at radius 3 is 2.70 bits per heavy atom. The number of phenols is 1. The van der Waals surface area contributed by atoms with Crippen LogP contribution in [0.3, 0.4) is 0 Å². The molecule has 1 aliphatic heterocycles. The monoisotopic (exact) mass is 369 g/mol. The van der Waals surface area contributed by atoms with Crippen molar-refractivity contribution in [1.29, 1.82) is 0 Å². The first-order valence-corrected chi connectivity index (χ1v) is 8.77. The van der Waals surface area contributed by atoms with Gasteiger partial charge >= 0.3 is 0 Å².